The molecule has 10 atom stereocenters. The fraction of sp³-hybridized carbons (Fsp3) is 0.775. The number of aliphatic carboxylic acids is 2. The molecule has 4 saturated carbocycles. The van der Waals surface area contributed by atoms with E-state index < -0.39 is 22.8 Å². The van der Waals surface area contributed by atoms with Crippen LogP contribution in [0.5, 0.6) is 0 Å². The summed E-state index contributed by atoms with van der Waals surface area (Å²) < 4.78 is 0. The lowest BCUT2D eigenvalue weighted by molar-refractivity contribution is -0.164. The number of rotatable bonds is 12. The van der Waals surface area contributed by atoms with Gasteiger partial charge in [0.05, 0.1) is 10.8 Å². The number of fused-ring (bicyclic) bond motifs is 2. The lowest BCUT2D eigenvalue weighted by atomic mass is 9.46. The van der Waals surface area contributed by atoms with Crippen LogP contribution >= 0.6 is 0 Å². The maximum atomic E-state index is 12.4. The molecule has 0 spiro atoms. The van der Waals surface area contributed by atoms with Crippen LogP contribution in [0.4, 0.5) is 0 Å². The Morgan fingerprint density at radius 2 is 1.24 bits per heavy atom. The molecule has 0 aromatic carbocycles. The van der Waals surface area contributed by atoms with Crippen molar-refractivity contribution < 1.29 is 24.6 Å². The molecule has 0 aliphatic heterocycles. The van der Waals surface area contributed by atoms with Gasteiger partial charge in [0.1, 0.15) is 6.29 Å². The Morgan fingerprint density at radius 3 is 1.67 bits per heavy atom. The number of hydrogen-bond acceptors (Lipinski definition) is 3. The van der Waals surface area contributed by atoms with Crippen LogP contribution in [0.1, 0.15) is 138 Å². The summed E-state index contributed by atoms with van der Waals surface area (Å²) in [4.78, 5) is 37.0. The first-order valence-electron chi connectivity index (χ1n) is 18.0. The molecular formula is C40H62O5. The van der Waals surface area contributed by atoms with Gasteiger partial charge in [-0.05, 0) is 149 Å². The highest BCUT2D eigenvalue weighted by Crippen LogP contribution is 2.63. The van der Waals surface area contributed by atoms with Gasteiger partial charge < -0.3 is 10.2 Å². The number of aldehydes is 1. The second-order valence-electron chi connectivity index (χ2n) is 17.0. The Hall–Kier alpha value is -2.17. The molecule has 45 heavy (non-hydrogen) atoms. The highest BCUT2D eigenvalue weighted by molar-refractivity contribution is 5.75. The summed E-state index contributed by atoms with van der Waals surface area (Å²) in [6.45, 7) is 22.0. The summed E-state index contributed by atoms with van der Waals surface area (Å²) in [7, 11) is 0. The summed E-state index contributed by atoms with van der Waals surface area (Å²) in [5.74, 6) is 0.267. The summed E-state index contributed by atoms with van der Waals surface area (Å²) >= 11 is 0. The van der Waals surface area contributed by atoms with E-state index in [0.717, 1.165) is 108 Å². The van der Waals surface area contributed by atoms with Crippen molar-refractivity contribution in [3.05, 3.63) is 36.0 Å². The van der Waals surface area contributed by atoms with Crippen molar-refractivity contribution in [3.8, 4) is 0 Å². The zero-order valence-electron chi connectivity index (χ0n) is 29.3. The highest BCUT2D eigenvalue weighted by atomic mass is 16.4. The molecule has 0 saturated heterocycles. The molecule has 5 nitrogen and oxygen atoms in total. The van der Waals surface area contributed by atoms with Gasteiger partial charge in [-0.15, -0.1) is 0 Å². The first-order valence-corrected chi connectivity index (χ1v) is 18.0. The second kappa shape index (κ2) is 13.5. The predicted octanol–water partition coefficient (Wildman–Crippen LogP) is 10.1. The quantitative estimate of drug-likeness (QED) is 0.128. The maximum Gasteiger partial charge on any atom is 0.309 e. The summed E-state index contributed by atoms with van der Waals surface area (Å²) in [5, 5.41) is 20.3. The van der Waals surface area contributed by atoms with Crippen LogP contribution in [0.25, 0.3) is 0 Å². The molecule has 252 valence electrons. The fourth-order valence-electron chi connectivity index (χ4n) is 11.3. The van der Waals surface area contributed by atoms with E-state index in [1.54, 1.807) is 0 Å². The molecule has 4 fully saturated rings. The van der Waals surface area contributed by atoms with Crippen molar-refractivity contribution in [2.24, 2.45) is 57.2 Å². The van der Waals surface area contributed by atoms with E-state index in [1.807, 2.05) is 13.8 Å². The molecular weight excluding hydrogens is 560 g/mol. The Labute approximate surface area is 273 Å². The fourth-order valence-corrected chi connectivity index (χ4v) is 11.3. The third-order valence-corrected chi connectivity index (χ3v) is 14.3. The number of carboxylic acid groups (broad SMARTS) is 2. The zero-order valence-corrected chi connectivity index (χ0v) is 29.3. The van der Waals surface area contributed by atoms with Gasteiger partial charge in [0, 0.05) is 0 Å². The number of carbonyl (C=O) groups excluding carboxylic acids is 1. The molecule has 0 aromatic rings. The van der Waals surface area contributed by atoms with Gasteiger partial charge in [-0.25, -0.2) is 0 Å². The number of carbonyl (C=O) groups is 3. The van der Waals surface area contributed by atoms with Crippen LogP contribution < -0.4 is 0 Å². The van der Waals surface area contributed by atoms with Gasteiger partial charge in [-0.1, -0.05) is 70.9 Å². The molecule has 0 aromatic heterocycles. The van der Waals surface area contributed by atoms with Gasteiger partial charge in [-0.3, -0.25) is 14.4 Å². The third-order valence-electron chi connectivity index (χ3n) is 14.3. The summed E-state index contributed by atoms with van der Waals surface area (Å²) in [5.41, 5.74) is 2.05. The van der Waals surface area contributed by atoms with Crippen LogP contribution in [0.3, 0.4) is 0 Å². The monoisotopic (exact) mass is 622 g/mol. The minimum atomic E-state index is -0.670. The average molecular weight is 623 g/mol. The lowest BCUT2D eigenvalue weighted by Gasteiger charge is -2.57. The number of carboxylic acids is 2. The second-order valence-corrected chi connectivity index (χ2v) is 17.0. The van der Waals surface area contributed by atoms with Crippen molar-refractivity contribution in [1.82, 2.24) is 0 Å². The number of allylic oxidation sites excluding steroid dienone is 4. The van der Waals surface area contributed by atoms with Crippen LogP contribution in [-0.2, 0) is 14.4 Å². The predicted molar refractivity (Wildman–Crippen MR) is 182 cm³/mol. The van der Waals surface area contributed by atoms with Gasteiger partial charge in [-0.2, -0.15) is 0 Å². The van der Waals surface area contributed by atoms with Crippen LogP contribution in [0.2, 0.25) is 0 Å². The SMILES string of the molecule is C=C1CC[C@@H]2[C@](C)(CCC[C@]2(C)C(=O)O)[C@H]1CC[C@H](C)/C(C=O)=C\C[C@@H](C)CC[C@H]1C(=C)CC[C@H]2[C@]1(C)CCC[C@]2(C)C(=O)O. The molecule has 5 heteroatoms. The van der Waals surface area contributed by atoms with E-state index in [0.29, 0.717) is 17.8 Å². The van der Waals surface area contributed by atoms with E-state index in [-0.39, 0.29) is 28.6 Å². The van der Waals surface area contributed by atoms with Gasteiger partial charge in [0.25, 0.3) is 0 Å². The summed E-state index contributed by atoms with van der Waals surface area (Å²) in [6, 6.07) is 0. The standard InChI is InChI=1S/C40H62O5/c1-26(12-17-31-28(3)14-19-33-37(31,5)21-9-23-39(33,7)35(42)43)11-16-30(25-41)27(2)13-18-32-29(4)15-20-34-38(32,6)22-10-24-40(34,8)36(44)45/h16,25-27,31-34H,3-4,9-15,17-24H2,1-2,5-8H3,(H,42,43)(H,44,45)/b30-16-/t26-,27+,31+,32+,33+,34-,37-,38-,39+,40+/m1/s1. The van der Waals surface area contributed by atoms with Crippen molar-refractivity contribution >= 4 is 18.2 Å². The van der Waals surface area contributed by atoms with E-state index in [9.17, 15) is 24.6 Å². The van der Waals surface area contributed by atoms with Crippen LogP contribution in [-0.4, -0.2) is 28.4 Å². The first kappa shape index (κ1) is 35.7. The normalized spacial score (nSPS) is 40.2. The van der Waals surface area contributed by atoms with Crippen molar-refractivity contribution in [3.63, 3.8) is 0 Å². The number of hydrogen-bond donors (Lipinski definition) is 2. The molecule has 4 aliphatic rings. The molecule has 0 bridgehead atoms. The van der Waals surface area contributed by atoms with Crippen molar-refractivity contribution in [2.45, 2.75) is 138 Å². The molecule has 0 unspecified atom stereocenters. The minimum Gasteiger partial charge on any atom is -0.481 e. The molecule has 2 N–H and O–H groups in total. The lowest BCUT2D eigenvalue weighted by Crippen LogP contribution is -2.53. The Balaban J connectivity index is 1.36. The van der Waals surface area contributed by atoms with Gasteiger partial charge in [0.15, 0.2) is 0 Å². The van der Waals surface area contributed by atoms with E-state index in [4.69, 9.17) is 0 Å². The third kappa shape index (κ3) is 6.53. The molecule has 4 aliphatic carbocycles. The van der Waals surface area contributed by atoms with Gasteiger partial charge >= 0.3 is 11.9 Å². The average Bonchev–Trinajstić information content (AvgIpc) is 2.96. The molecule has 0 amide bonds. The van der Waals surface area contributed by atoms with E-state index in [1.165, 1.54) is 11.1 Å². The minimum absolute atomic E-state index is 0.0161. The Bertz CT molecular complexity index is 1200. The van der Waals surface area contributed by atoms with Gasteiger partial charge in [0.2, 0.25) is 0 Å². The van der Waals surface area contributed by atoms with E-state index in [2.05, 4.69) is 46.9 Å². The molecule has 0 radical (unpaired) electrons. The van der Waals surface area contributed by atoms with Crippen LogP contribution in [0, 0.1) is 57.2 Å². The molecule has 4 rings (SSSR count). The maximum absolute atomic E-state index is 12.4. The largest absolute Gasteiger partial charge is 0.481 e. The highest BCUT2D eigenvalue weighted by Gasteiger charge is 2.58. The zero-order chi connectivity index (χ0) is 33.4. The Morgan fingerprint density at radius 1 is 0.800 bits per heavy atom. The first-order chi connectivity index (χ1) is 21.0. The molecule has 0 heterocycles. The Kier molecular flexibility index (Phi) is 10.7. The summed E-state index contributed by atoms with van der Waals surface area (Å²) in [6.07, 6.45) is 17.2. The smallest absolute Gasteiger partial charge is 0.309 e. The van der Waals surface area contributed by atoms with Crippen molar-refractivity contribution in [1.29, 1.82) is 0 Å². The van der Waals surface area contributed by atoms with E-state index >= 15 is 0 Å². The van der Waals surface area contributed by atoms with Crippen LogP contribution in [0.15, 0.2) is 36.0 Å². The van der Waals surface area contributed by atoms with Crippen molar-refractivity contribution in [2.75, 3.05) is 0 Å². The topological polar surface area (TPSA) is 91.7 Å².